The summed E-state index contributed by atoms with van der Waals surface area (Å²) in [6, 6.07) is 12.1. The monoisotopic (exact) mass is 341 g/mol. The molecule has 2 aromatic rings. The largest absolute Gasteiger partial charge is 0.497 e. The van der Waals surface area contributed by atoms with E-state index in [1.165, 1.54) is 17.8 Å². The van der Waals surface area contributed by atoms with Gasteiger partial charge in [-0.15, -0.1) is 0 Å². The number of ether oxygens (including phenoxy) is 2. The van der Waals surface area contributed by atoms with Crippen molar-refractivity contribution in [3.8, 4) is 11.5 Å². The molecule has 0 atom stereocenters. The van der Waals surface area contributed by atoms with Crippen LogP contribution in [0.25, 0.3) is 0 Å². The minimum absolute atomic E-state index is 0.235. The number of amides is 1. The second-order valence-electron chi connectivity index (χ2n) is 5.02. The molecule has 0 saturated heterocycles. The van der Waals surface area contributed by atoms with Crippen LogP contribution in [-0.2, 0) is 4.79 Å². The van der Waals surface area contributed by atoms with Gasteiger partial charge in [0.15, 0.2) is 5.78 Å². The highest BCUT2D eigenvalue weighted by Gasteiger charge is 2.22. The number of nitrogens with one attached hydrogen (secondary N) is 1. The molecule has 1 amide bonds. The van der Waals surface area contributed by atoms with Crippen LogP contribution >= 0.6 is 11.8 Å². The van der Waals surface area contributed by atoms with Crippen molar-refractivity contribution >= 4 is 29.1 Å². The van der Waals surface area contributed by atoms with Crippen LogP contribution in [0.4, 0.5) is 5.69 Å². The van der Waals surface area contributed by atoms with E-state index in [2.05, 4.69) is 5.32 Å². The van der Waals surface area contributed by atoms with E-state index in [0.717, 1.165) is 4.90 Å². The summed E-state index contributed by atoms with van der Waals surface area (Å²) >= 11 is 1.25. The average Bonchev–Trinajstić information content (AvgIpc) is 2.62. The number of allylic oxidation sites excluding steroid dienone is 1. The summed E-state index contributed by atoms with van der Waals surface area (Å²) in [7, 11) is 3.14. The molecule has 2 aromatic carbocycles. The quantitative estimate of drug-likeness (QED) is 0.681. The van der Waals surface area contributed by atoms with Gasteiger partial charge in [-0.1, -0.05) is 11.8 Å². The van der Waals surface area contributed by atoms with E-state index in [0.29, 0.717) is 27.7 Å². The molecule has 122 valence electrons. The Bertz CT molecular complexity index is 827. The molecule has 3 rings (SSSR count). The molecule has 0 bridgehead atoms. The van der Waals surface area contributed by atoms with E-state index < -0.39 is 0 Å². The first-order chi connectivity index (χ1) is 11.6. The number of fused-ring (bicyclic) bond motifs is 1. The van der Waals surface area contributed by atoms with Crippen LogP contribution in [0.5, 0.6) is 11.5 Å². The second-order valence-corrected chi connectivity index (χ2v) is 6.10. The summed E-state index contributed by atoms with van der Waals surface area (Å²) in [6.07, 6.45) is 1.35. The predicted molar refractivity (Wildman–Crippen MR) is 92.9 cm³/mol. The van der Waals surface area contributed by atoms with Gasteiger partial charge in [-0.2, -0.15) is 0 Å². The van der Waals surface area contributed by atoms with Gasteiger partial charge >= 0.3 is 0 Å². The van der Waals surface area contributed by atoms with Gasteiger partial charge in [0.05, 0.1) is 24.8 Å². The molecular formula is C18H15NO4S. The molecule has 0 aromatic heterocycles. The van der Waals surface area contributed by atoms with Crippen molar-refractivity contribution in [3.05, 3.63) is 59.0 Å². The lowest BCUT2D eigenvalue weighted by molar-refractivity contribution is -0.112. The van der Waals surface area contributed by atoms with Gasteiger partial charge in [0.1, 0.15) is 11.5 Å². The minimum Gasteiger partial charge on any atom is -0.497 e. The van der Waals surface area contributed by atoms with Crippen LogP contribution in [0.2, 0.25) is 0 Å². The number of anilines is 1. The third-order valence-corrected chi connectivity index (χ3v) is 4.60. The number of rotatable bonds is 4. The smallest absolute Gasteiger partial charge is 0.262 e. The number of hydrogen-bond donors (Lipinski definition) is 1. The summed E-state index contributed by atoms with van der Waals surface area (Å²) in [5, 5.41) is 2.78. The summed E-state index contributed by atoms with van der Waals surface area (Å²) in [5.41, 5.74) is 1.20. The van der Waals surface area contributed by atoms with E-state index >= 15 is 0 Å². The number of hydrogen-bond acceptors (Lipinski definition) is 5. The van der Waals surface area contributed by atoms with Gasteiger partial charge in [-0.05, 0) is 42.5 Å². The lowest BCUT2D eigenvalue weighted by Crippen LogP contribution is -2.18. The Morgan fingerprint density at radius 1 is 1.04 bits per heavy atom. The highest BCUT2D eigenvalue weighted by molar-refractivity contribution is 8.04. The molecule has 1 N–H and O–H groups in total. The number of benzene rings is 2. The topological polar surface area (TPSA) is 64.6 Å². The predicted octanol–water partition coefficient (Wildman–Crippen LogP) is 3.51. The molecule has 6 heteroatoms. The van der Waals surface area contributed by atoms with Crippen molar-refractivity contribution < 1.29 is 19.1 Å². The van der Waals surface area contributed by atoms with E-state index in [1.54, 1.807) is 50.6 Å². The molecule has 0 saturated carbocycles. The summed E-state index contributed by atoms with van der Waals surface area (Å²) in [4.78, 5) is 25.7. The van der Waals surface area contributed by atoms with Gasteiger partial charge in [-0.3, -0.25) is 9.59 Å². The molecule has 0 spiro atoms. The van der Waals surface area contributed by atoms with Crippen LogP contribution in [0.15, 0.2) is 58.3 Å². The van der Waals surface area contributed by atoms with Crippen molar-refractivity contribution in [2.75, 3.05) is 19.5 Å². The van der Waals surface area contributed by atoms with Crippen LogP contribution in [0.3, 0.4) is 0 Å². The zero-order valence-corrected chi connectivity index (χ0v) is 14.0. The highest BCUT2D eigenvalue weighted by atomic mass is 32.2. The number of carbonyl (C=O) groups excluding carboxylic acids is 2. The molecule has 0 fully saturated rings. The van der Waals surface area contributed by atoms with Crippen molar-refractivity contribution in [1.29, 1.82) is 0 Å². The molecule has 1 aliphatic rings. The Hall–Kier alpha value is -2.73. The van der Waals surface area contributed by atoms with Crippen molar-refractivity contribution in [1.82, 2.24) is 0 Å². The molecule has 24 heavy (non-hydrogen) atoms. The van der Waals surface area contributed by atoms with Crippen LogP contribution in [0, 0.1) is 0 Å². The van der Waals surface area contributed by atoms with Gasteiger partial charge in [0.25, 0.3) is 5.91 Å². The highest BCUT2D eigenvalue weighted by Crippen LogP contribution is 2.40. The van der Waals surface area contributed by atoms with E-state index in [4.69, 9.17) is 9.47 Å². The number of carbonyl (C=O) groups is 2. The second kappa shape index (κ2) is 6.80. The lowest BCUT2D eigenvalue weighted by atomic mass is 10.1. The zero-order chi connectivity index (χ0) is 17.1. The molecule has 0 unspecified atom stereocenters. The fraction of sp³-hybridized carbons (Fsp3) is 0.111. The Kier molecular flexibility index (Phi) is 4.57. The number of thioether (sulfide) groups is 1. The van der Waals surface area contributed by atoms with Crippen molar-refractivity contribution in [2.24, 2.45) is 0 Å². The lowest BCUT2D eigenvalue weighted by Gasteiger charge is -2.19. The van der Waals surface area contributed by atoms with Gasteiger partial charge < -0.3 is 14.8 Å². The average molecular weight is 341 g/mol. The molecular weight excluding hydrogens is 326 g/mol. The van der Waals surface area contributed by atoms with E-state index in [-0.39, 0.29) is 11.7 Å². The Morgan fingerprint density at radius 2 is 1.71 bits per heavy atom. The van der Waals surface area contributed by atoms with E-state index in [1.807, 2.05) is 6.07 Å². The SMILES string of the molecule is COc1ccc(C(=O)/C=C2\Sc3cc(OC)ccc3NC2=O)cc1. The maximum Gasteiger partial charge on any atom is 0.262 e. The van der Waals surface area contributed by atoms with E-state index in [9.17, 15) is 9.59 Å². The zero-order valence-electron chi connectivity index (χ0n) is 13.2. The van der Waals surface area contributed by atoms with Crippen LogP contribution in [-0.4, -0.2) is 25.9 Å². The molecule has 0 aliphatic carbocycles. The fourth-order valence-electron chi connectivity index (χ4n) is 2.22. The maximum absolute atomic E-state index is 12.4. The fourth-order valence-corrected chi connectivity index (χ4v) is 3.17. The van der Waals surface area contributed by atoms with Crippen LogP contribution in [0.1, 0.15) is 10.4 Å². The Balaban J connectivity index is 1.86. The number of ketones is 1. The molecule has 5 nitrogen and oxygen atoms in total. The van der Waals surface area contributed by atoms with Gasteiger partial charge in [0.2, 0.25) is 0 Å². The normalized spacial score (nSPS) is 14.8. The standard InChI is InChI=1S/C18H15NO4S/c1-22-12-5-3-11(4-6-12)15(20)10-17-18(21)19-14-8-7-13(23-2)9-16(14)24-17/h3-10H,1-2H3,(H,19,21)/b17-10-. The summed E-state index contributed by atoms with van der Waals surface area (Å²) in [6.45, 7) is 0. The Labute approximate surface area is 143 Å². The first kappa shape index (κ1) is 16.1. The first-order valence-corrected chi connectivity index (χ1v) is 7.99. The molecule has 0 radical (unpaired) electrons. The third kappa shape index (κ3) is 3.28. The van der Waals surface area contributed by atoms with Crippen molar-refractivity contribution in [2.45, 2.75) is 4.90 Å². The van der Waals surface area contributed by atoms with Gasteiger partial charge in [-0.25, -0.2) is 0 Å². The Morgan fingerprint density at radius 3 is 2.38 bits per heavy atom. The van der Waals surface area contributed by atoms with Crippen molar-refractivity contribution in [3.63, 3.8) is 0 Å². The summed E-state index contributed by atoms with van der Waals surface area (Å²) < 4.78 is 10.3. The third-order valence-electron chi connectivity index (χ3n) is 3.52. The molecule has 1 heterocycles. The van der Waals surface area contributed by atoms with Gasteiger partial charge in [0, 0.05) is 16.5 Å². The first-order valence-electron chi connectivity index (χ1n) is 7.18. The molecule has 1 aliphatic heterocycles. The minimum atomic E-state index is -0.292. The maximum atomic E-state index is 12.4. The summed E-state index contributed by atoms with van der Waals surface area (Å²) in [5.74, 6) is 0.837. The number of methoxy groups -OCH3 is 2. The van der Waals surface area contributed by atoms with Crippen LogP contribution < -0.4 is 14.8 Å².